The number of benzene rings is 1. The van der Waals surface area contributed by atoms with Gasteiger partial charge in [-0.2, -0.15) is 5.10 Å². The predicted molar refractivity (Wildman–Crippen MR) is 91.7 cm³/mol. The van der Waals surface area contributed by atoms with Crippen LogP contribution in [0, 0.1) is 0 Å². The van der Waals surface area contributed by atoms with Gasteiger partial charge in [-0.3, -0.25) is 10.00 Å². The molecule has 0 aliphatic carbocycles. The molecular weight excluding hydrogens is 304 g/mol. The molecule has 1 aliphatic heterocycles. The van der Waals surface area contributed by atoms with Crippen molar-refractivity contribution in [3.05, 3.63) is 48.4 Å². The monoisotopic (exact) mass is 324 g/mol. The molecule has 7 nitrogen and oxygen atoms in total. The summed E-state index contributed by atoms with van der Waals surface area (Å²) in [4.78, 5) is 11.0. The summed E-state index contributed by atoms with van der Waals surface area (Å²) < 4.78 is 5.50. The Bertz CT molecular complexity index is 784. The molecule has 1 fully saturated rings. The molecule has 2 N–H and O–H groups in total. The molecule has 0 amide bonds. The molecule has 0 spiro atoms. The lowest BCUT2D eigenvalue weighted by atomic mass is 10.0. The van der Waals surface area contributed by atoms with E-state index >= 15 is 0 Å². The number of ether oxygens (including phenoxy) is 1. The lowest BCUT2D eigenvalue weighted by Gasteiger charge is -2.35. The number of H-pyrrole nitrogens is 1. The third-order valence-electron chi connectivity index (χ3n) is 4.38. The largest absolute Gasteiger partial charge is 0.379 e. The van der Waals surface area contributed by atoms with Crippen LogP contribution >= 0.6 is 0 Å². The van der Waals surface area contributed by atoms with Crippen LogP contribution in [0.3, 0.4) is 0 Å². The lowest BCUT2D eigenvalue weighted by molar-refractivity contribution is 0.0187. The van der Waals surface area contributed by atoms with Crippen LogP contribution in [0.15, 0.2) is 42.9 Å². The maximum Gasteiger partial charge on any atom is 0.160 e. The van der Waals surface area contributed by atoms with Crippen molar-refractivity contribution in [2.24, 2.45) is 0 Å². The average molecular weight is 324 g/mol. The van der Waals surface area contributed by atoms with Gasteiger partial charge < -0.3 is 10.1 Å². The van der Waals surface area contributed by atoms with Crippen LogP contribution in [0.1, 0.15) is 11.6 Å². The van der Waals surface area contributed by atoms with Crippen molar-refractivity contribution in [3.8, 4) is 0 Å². The van der Waals surface area contributed by atoms with Crippen LogP contribution in [-0.2, 0) is 4.74 Å². The van der Waals surface area contributed by atoms with Gasteiger partial charge >= 0.3 is 0 Å². The van der Waals surface area contributed by atoms with E-state index in [1.165, 1.54) is 5.56 Å². The molecule has 7 heteroatoms. The van der Waals surface area contributed by atoms with Crippen LogP contribution in [0.2, 0.25) is 0 Å². The van der Waals surface area contributed by atoms with Crippen LogP contribution in [0.25, 0.3) is 11.0 Å². The Balaban J connectivity index is 1.56. The topological polar surface area (TPSA) is 79.0 Å². The first-order valence-electron chi connectivity index (χ1n) is 8.16. The Morgan fingerprint density at radius 2 is 2.00 bits per heavy atom. The summed E-state index contributed by atoms with van der Waals surface area (Å²) in [6.07, 6.45) is 3.30. The molecule has 1 unspecified atom stereocenters. The average Bonchev–Trinajstić information content (AvgIpc) is 3.13. The Labute approximate surface area is 140 Å². The minimum absolute atomic E-state index is 0.270. The first-order chi connectivity index (χ1) is 11.9. The minimum Gasteiger partial charge on any atom is -0.379 e. The molecular formula is C17H20N6O. The lowest BCUT2D eigenvalue weighted by Crippen LogP contribution is -2.41. The van der Waals surface area contributed by atoms with Crippen molar-refractivity contribution in [1.29, 1.82) is 0 Å². The van der Waals surface area contributed by atoms with Gasteiger partial charge in [0.1, 0.15) is 12.1 Å². The summed E-state index contributed by atoms with van der Waals surface area (Å²) in [5, 5.41) is 11.3. The summed E-state index contributed by atoms with van der Waals surface area (Å²) in [7, 11) is 0. The Morgan fingerprint density at radius 1 is 1.17 bits per heavy atom. The Morgan fingerprint density at radius 3 is 2.83 bits per heavy atom. The summed E-state index contributed by atoms with van der Waals surface area (Å²) >= 11 is 0. The highest BCUT2D eigenvalue weighted by Gasteiger charge is 2.22. The van der Waals surface area contributed by atoms with Crippen molar-refractivity contribution < 1.29 is 4.74 Å². The number of rotatable bonds is 5. The van der Waals surface area contributed by atoms with Gasteiger partial charge in [0.2, 0.25) is 0 Å². The molecule has 124 valence electrons. The molecule has 4 rings (SSSR count). The van der Waals surface area contributed by atoms with Crippen molar-refractivity contribution >= 4 is 16.9 Å². The van der Waals surface area contributed by atoms with Gasteiger partial charge in [0.15, 0.2) is 5.65 Å². The highest BCUT2D eigenvalue weighted by Crippen LogP contribution is 2.24. The van der Waals surface area contributed by atoms with Crippen molar-refractivity contribution in [1.82, 2.24) is 25.1 Å². The number of aromatic nitrogens is 4. The zero-order chi connectivity index (χ0) is 16.2. The molecule has 1 aromatic carbocycles. The molecule has 24 heavy (non-hydrogen) atoms. The number of hydrogen-bond donors (Lipinski definition) is 2. The number of anilines is 1. The van der Waals surface area contributed by atoms with E-state index in [0.717, 1.165) is 49.7 Å². The van der Waals surface area contributed by atoms with E-state index < -0.39 is 0 Å². The number of aromatic amines is 1. The van der Waals surface area contributed by atoms with Crippen molar-refractivity contribution in [3.63, 3.8) is 0 Å². The maximum absolute atomic E-state index is 5.50. The van der Waals surface area contributed by atoms with E-state index in [4.69, 9.17) is 4.74 Å². The highest BCUT2D eigenvalue weighted by atomic mass is 16.5. The van der Waals surface area contributed by atoms with Gasteiger partial charge in [-0.05, 0) is 5.56 Å². The molecule has 3 aromatic rings. The molecule has 0 saturated carbocycles. The minimum atomic E-state index is 0.270. The quantitative estimate of drug-likeness (QED) is 0.745. The number of nitrogens with one attached hydrogen (secondary N) is 2. The zero-order valence-corrected chi connectivity index (χ0v) is 13.4. The van der Waals surface area contributed by atoms with E-state index in [0.29, 0.717) is 0 Å². The summed E-state index contributed by atoms with van der Waals surface area (Å²) in [6.45, 7) is 4.20. The molecule has 0 bridgehead atoms. The third-order valence-corrected chi connectivity index (χ3v) is 4.38. The van der Waals surface area contributed by atoms with Crippen LogP contribution in [0.5, 0.6) is 0 Å². The van der Waals surface area contributed by atoms with E-state index in [-0.39, 0.29) is 6.04 Å². The Hall–Kier alpha value is -2.51. The molecule has 1 saturated heterocycles. The van der Waals surface area contributed by atoms with Crippen LogP contribution < -0.4 is 5.32 Å². The fourth-order valence-corrected chi connectivity index (χ4v) is 3.12. The fraction of sp³-hybridized carbons (Fsp3) is 0.353. The van der Waals surface area contributed by atoms with Gasteiger partial charge in [-0.1, -0.05) is 30.3 Å². The van der Waals surface area contributed by atoms with E-state index in [1.807, 2.05) is 6.07 Å². The van der Waals surface area contributed by atoms with Crippen LogP contribution in [0.4, 0.5) is 5.82 Å². The van der Waals surface area contributed by atoms with Gasteiger partial charge in [-0.15, -0.1) is 0 Å². The van der Waals surface area contributed by atoms with Gasteiger partial charge in [0, 0.05) is 19.6 Å². The first kappa shape index (κ1) is 15.0. The second kappa shape index (κ2) is 6.94. The van der Waals surface area contributed by atoms with Gasteiger partial charge in [-0.25, -0.2) is 9.97 Å². The molecule has 1 atom stereocenters. The predicted octanol–water partition coefficient (Wildman–Crippen LogP) is 1.84. The fourth-order valence-electron chi connectivity index (χ4n) is 3.12. The van der Waals surface area contributed by atoms with E-state index in [1.54, 1.807) is 12.5 Å². The molecule has 1 aliphatic rings. The second-order valence-corrected chi connectivity index (χ2v) is 5.81. The first-order valence-corrected chi connectivity index (χ1v) is 8.16. The molecule has 3 heterocycles. The van der Waals surface area contributed by atoms with Gasteiger partial charge in [0.25, 0.3) is 0 Å². The summed E-state index contributed by atoms with van der Waals surface area (Å²) in [6, 6.07) is 10.8. The normalized spacial score (nSPS) is 17.0. The second-order valence-electron chi connectivity index (χ2n) is 5.81. The molecule has 0 radical (unpaired) electrons. The van der Waals surface area contributed by atoms with E-state index in [9.17, 15) is 0 Å². The molecule has 2 aromatic heterocycles. The smallest absolute Gasteiger partial charge is 0.160 e. The maximum atomic E-state index is 5.50. The number of morpholine rings is 1. The van der Waals surface area contributed by atoms with Gasteiger partial charge in [0.05, 0.1) is 30.8 Å². The SMILES string of the molecule is c1ccc(C(CNc2ncnc3[nH]ncc23)N2CCOCC2)cc1. The summed E-state index contributed by atoms with van der Waals surface area (Å²) in [5.41, 5.74) is 2.04. The van der Waals surface area contributed by atoms with Crippen LogP contribution in [-0.4, -0.2) is 57.9 Å². The van der Waals surface area contributed by atoms with Crippen molar-refractivity contribution in [2.45, 2.75) is 6.04 Å². The van der Waals surface area contributed by atoms with Crippen molar-refractivity contribution in [2.75, 3.05) is 38.2 Å². The highest BCUT2D eigenvalue weighted by molar-refractivity contribution is 5.85. The summed E-state index contributed by atoms with van der Waals surface area (Å²) in [5.74, 6) is 0.808. The zero-order valence-electron chi connectivity index (χ0n) is 13.4. The third kappa shape index (κ3) is 3.08. The number of fused-ring (bicyclic) bond motifs is 1. The van der Waals surface area contributed by atoms with E-state index in [2.05, 4.69) is 54.6 Å². The number of hydrogen-bond acceptors (Lipinski definition) is 6. The standard InChI is InChI=1S/C17H20N6O/c1-2-4-13(5-3-1)15(23-6-8-24-9-7-23)11-18-16-14-10-21-22-17(14)20-12-19-16/h1-5,10,12,15H,6-9,11H2,(H2,18,19,20,21,22). The Kier molecular flexibility index (Phi) is 4.35. The number of nitrogens with zero attached hydrogens (tertiary/aromatic N) is 4.